The highest BCUT2D eigenvalue weighted by molar-refractivity contribution is 6.30. The maximum Gasteiger partial charge on any atom is 0.0702 e. The summed E-state index contributed by atoms with van der Waals surface area (Å²) < 4.78 is 0. The van der Waals surface area contributed by atoms with Gasteiger partial charge in [-0.05, 0) is 55.9 Å². The van der Waals surface area contributed by atoms with Crippen LogP contribution in [-0.4, -0.2) is 4.98 Å². The minimum Gasteiger partial charge on any atom is -0.255 e. The van der Waals surface area contributed by atoms with Gasteiger partial charge in [-0.25, -0.2) is 0 Å². The highest BCUT2D eigenvalue weighted by Gasteiger charge is 2.19. The number of nitrogens with zero attached hydrogens (tertiary/aromatic N) is 1. The number of benzene rings is 1. The number of rotatable bonds is 5. The third kappa shape index (κ3) is 5.61. The van der Waals surface area contributed by atoms with Crippen LogP contribution in [0.5, 0.6) is 0 Å². The fourth-order valence-corrected chi connectivity index (χ4v) is 3.85. The van der Waals surface area contributed by atoms with Crippen LogP contribution in [0.2, 0.25) is 5.02 Å². The first-order valence-corrected chi connectivity index (χ1v) is 10.4. The first-order valence-electron chi connectivity index (χ1n) is 9.98. The smallest absolute Gasteiger partial charge is 0.0702 e. The fourth-order valence-electron chi connectivity index (χ4n) is 3.72. The Hall–Kier alpha value is -1.78. The van der Waals surface area contributed by atoms with Crippen molar-refractivity contribution < 1.29 is 0 Å². The molecule has 1 aromatic heterocycles. The molecule has 1 nitrogen and oxygen atoms in total. The summed E-state index contributed by atoms with van der Waals surface area (Å²) in [6.07, 6.45) is 12.7. The lowest BCUT2D eigenvalue weighted by Crippen LogP contribution is -2.13. The Bertz CT molecular complexity index is 729. The highest BCUT2D eigenvalue weighted by Crippen LogP contribution is 2.31. The second kappa shape index (κ2) is 9.79. The molecule has 0 bridgehead atoms. The molecule has 1 aromatic carbocycles. The summed E-state index contributed by atoms with van der Waals surface area (Å²) >= 11 is 5.94. The molecule has 1 aliphatic carbocycles. The SMILES string of the molecule is CCCCCC1CCC(C#Cc2ccc(-c3ccc(Cl)cc3)nc2)CC1. The zero-order chi connectivity index (χ0) is 18.2. The third-order valence-electron chi connectivity index (χ3n) is 5.39. The standard InChI is InChI=1S/C24H28ClN/c1-2-3-4-5-19-6-8-20(9-7-19)10-11-21-12-17-24(26-18-21)22-13-15-23(25)16-14-22/h12-20H,2-9H2,1H3. The number of aromatic nitrogens is 1. The van der Waals surface area contributed by atoms with E-state index >= 15 is 0 Å². The van der Waals surface area contributed by atoms with Gasteiger partial charge in [0.25, 0.3) is 0 Å². The zero-order valence-electron chi connectivity index (χ0n) is 15.7. The average molecular weight is 366 g/mol. The Morgan fingerprint density at radius 1 is 1.00 bits per heavy atom. The molecule has 0 amide bonds. The summed E-state index contributed by atoms with van der Waals surface area (Å²) in [5.41, 5.74) is 3.04. The van der Waals surface area contributed by atoms with E-state index in [9.17, 15) is 0 Å². The van der Waals surface area contributed by atoms with Gasteiger partial charge in [0.15, 0.2) is 0 Å². The van der Waals surface area contributed by atoms with Crippen molar-refractivity contribution in [3.63, 3.8) is 0 Å². The van der Waals surface area contributed by atoms with Gasteiger partial charge in [0.2, 0.25) is 0 Å². The van der Waals surface area contributed by atoms with Gasteiger partial charge in [0, 0.05) is 28.3 Å². The molecule has 0 aliphatic heterocycles. The molecule has 1 saturated carbocycles. The average Bonchev–Trinajstić information content (AvgIpc) is 2.69. The molecule has 26 heavy (non-hydrogen) atoms. The summed E-state index contributed by atoms with van der Waals surface area (Å²) in [6, 6.07) is 11.9. The lowest BCUT2D eigenvalue weighted by Gasteiger charge is -2.25. The lowest BCUT2D eigenvalue weighted by molar-refractivity contribution is 0.294. The van der Waals surface area contributed by atoms with Crippen molar-refractivity contribution >= 4 is 11.6 Å². The van der Waals surface area contributed by atoms with Crippen molar-refractivity contribution in [2.75, 3.05) is 0 Å². The minimum atomic E-state index is 0.563. The van der Waals surface area contributed by atoms with Crippen molar-refractivity contribution in [2.24, 2.45) is 11.8 Å². The van der Waals surface area contributed by atoms with E-state index in [0.29, 0.717) is 5.92 Å². The minimum absolute atomic E-state index is 0.563. The second-order valence-electron chi connectivity index (χ2n) is 7.42. The van der Waals surface area contributed by atoms with Crippen LogP contribution in [0.25, 0.3) is 11.3 Å². The molecule has 1 fully saturated rings. The molecule has 1 aliphatic rings. The molecule has 0 spiro atoms. The Kier molecular flexibility index (Phi) is 7.15. The predicted molar refractivity (Wildman–Crippen MR) is 111 cm³/mol. The molecule has 2 aromatic rings. The van der Waals surface area contributed by atoms with Crippen LogP contribution in [-0.2, 0) is 0 Å². The van der Waals surface area contributed by atoms with E-state index in [2.05, 4.69) is 29.8 Å². The molecule has 136 valence electrons. The molecular formula is C24H28ClN. The maximum absolute atomic E-state index is 5.94. The van der Waals surface area contributed by atoms with Gasteiger partial charge in [0.05, 0.1) is 5.69 Å². The van der Waals surface area contributed by atoms with E-state index in [1.807, 2.05) is 36.5 Å². The molecule has 0 atom stereocenters. The molecule has 2 heteroatoms. The first-order chi connectivity index (χ1) is 12.7. The van der Waals surface area contributed by atoms with Gasteiger partial charge in [0.1, 0.15) is 0 Å². The molecule has 0 N–H and O–H groups in total. The van der Waals surface area contributed by atoms with Crippen LogP contribution >= 0.6 is 11.6 Å². The van der Waals surface area contributed by atoms with Gasteiger partial charge in [-0.15, -0.1) is 0 Å². The van der Waals surface area contributed by atoms with Crippen LogP contribution in [0.4, 0.5) is 0 Å². The van der Waals surface area contributed by atoms with Crippen LogP contribution < -0.4 is 0 Å². The molecule has 0 unspecified atom stereocenters. The second-order valence-corrected chi connectivity index (χ2v) is 7.86. The third-order valence-corrected chi connectivity index (χ3v) is 5.64. The normalized spacial score (nSPS) is 19.6. The monoisotopic (exact) mass is 365 g/mol. The highest BCUT2D eigenvalue weighted by atomic mass is 35.5. The Labute approximate surface area is 163 Å². The van der Waals surface area contributed by atoms with Crippen molar-refractivity contribution in [3.8, 4) is 23.1 Å². The van der Waals surface area contributed by atoms with E-state index in [1.165, 1.54) is 51.4 Å². The van der Waals surface area contributed by atoms with Crippen molar-refractivity contribution in [3.05, 3.63) is 53.2 Å². The van der Waals surface area contributed by atoms with Crippen molar-refractivity contribution in [1.82, 2.24) is 4.98 Å². The van der Waals surface area contributed by atoms with E-state index in [0.717, 1.165) is 27.8 Å². The molecule has 0 radical (unpaired) electrons. The van der Waals surface area contributed by atoms with Gasteiger partial charge in [-0.2, -0.15) is 0 Å². The Morgan fingerprint density at radius 2 is 1.77 bits per heavy atom. The van der Waals surface area contributed by atoms with Gasteiger partial charge < -0.3 is 0 Å². The van der Waals surface area contributed by atoms with E-state index < -0.39 is 0 Å². The lowest BCUT2D eigenvalue weighted by atomic mass is 9.80. The van der Waals surface area contributed by atoms with Crippen LogP contribution in [0.15, 0.2) is 42.6 Å². The van der Waals surface area contributed by atoms with Crippen LogP contribution in [0.3, 0.4) is 0 Å². The van der Waals surface area contributed by atoms with E-state index in [1.54, 1.807) is 0 Å². The summed E-state index contributed by atoms with van der Waals surface area (Å²) in [6.45, 7) is 2.28. The molecule has 0 saturated heterocycles. The van der Waals surface area contributed by atoms with E-state index in [-0.39, 0.29) is 0 Å². The quantitative estimate of drug-likeness (QED) is 0.405. The molecule has 3 rings (SSSR count). The summed E-state index contributed by atoms with van der Waals surface area (Å²) in [7, 11) is 0. The van der Waals surface area contributed by atoms with Crippen LogP contribution in [0.1, 0.15) is 63.9 Å². The number of hydrogen-bond donors (Lipinski definition) is 0. The topological polar surface area (TPSA) is 12.9 Å². The van der Waals surface area contributed by atoms with Crippen LogP contribution in [0, 0.1) is 23.7 Å². The molecule has 1 heterocycles. The predicted octanol–water partition coefficient (Wildman–Crippen LogP) is 7.14. The van der Waals surface area contributed by atoms with Gasteiger partial charge in [-0.3, -0.25) is 4.98 Å². The summed E-state index contributed by atoms with van der Waals surface area (Å²) in [5, 5.41) is 0.747. The summed E-state index contributed by atoms with van der Waals surface area (Å²) in [5.74, 6) is 8.33. The number of unbranched alkanes of at least 4 members (excludes halogenated alkanes) is 2. The Morgan fingerprint density at radius 3 is 2.42 bits per heavy atom. The van der Waals surface area contributed by atoms with Crippen molar-refractivity contribution in [2.45, 2.75) is 58.3 Å². The largest absolute Gasteiger partial charge is 0.255 e. The Balaban J connectivity index is 1.52. The first kappa shape index (κ1) is 19.0. The fraction of sp³-hybridized carbons (Fsp3) is 0.458. The zero-order valence-corrected chi connectivity index (χ0v) is 16.4. The van der Waals surface area contributed by atoms with Crippen molar-refractivity contribution in [1.29, 1.82) is 0 Å². The summed E-state index contributed by atoms with van der Waals surface area (Å²) in [4.78, 5) is 4.55. The maximum atomic E-state index is 5.94. The van der Waals surface area contributed by atoms with Gasteiger partial charge in [-0.1, -0.05) is 68.2 Å². The number of hydrogen-bond acceptors (Lipinski definition) is 1. The number of halogens is 1. The van der Waals surface area contributed by atoms with E-state index in [4.69, 9.17) is 11.6 Å². The molecular weight excluding hydrogens is 338 g/mol. The van der Waals surface area contributed by atoms with Gasteiger partial charge >= 0.3 is 0 Å². The number of pyridine rings is 1.